The number of piperidine rings is 4. The van der Waals surface area contributed by atoms with Gasteiger partial charge in [0.15, 0.2) is 0 Å². The highest BCUT2D eigenvalue weighted by Crippen LogP contribution is 2.27. The molecule has 0 unspecified atom stereocenters. The zero-order valence-electron chi connectivity index (χ0n) is 23.9. The Morgan fingerprint density at radius 1 is 0.500 bits per heavy atom. The van der Waals surface area contributed by atoms with Gasteiger partial charge in [0.05, 0.1) is 6.10 Å². The number of rotatable bonds is 2. The molecule has 0 saturated carbocycles. The fourth-order valence-electron chi connectivity index (χ4n) is 6.45. The van der Waals surface area contributed by atoms with Crippen LogP contribution in [0.15, 0.2) is 0 Å². The predicted octanol–water partition coefficient (Wildman–Crippen LogP) is 4.69. The average Bonchev–Trinajstić information content (AvgIpc) is 2.80. The minimum absolute atomic E-state index is 0.0408. The topological polar surface area (TPSA) is 33.2 Å². The summed E-state index contributed by atoms with van der Waals surface area (Å²) < 4.78 is 0. The molecule has 0 aromatic carbocycles. The zero-order valence-corrected chi connectivity index (χ0v) is 23.9. The molecule has 4 heterocycles. The maximum atomic E-state index is 9.54. The summed E-state index contributed by atoms with van der Waals surface area (Å²) in [6.07, 6.45) is 10.1. The lowest BCUT2D eigenvalue weighted by Crippen LogP contribution is -2.52. The monoisotopic (exact) mass is 478 g/mol. The maximum Gasteiger partial charge on any atom is 0.0564 e. The molecule has 5 heteroatoms. The summed E-state index contributed by atoms with van der Waals surface area (Å²) in [5, 5.41) is 9.54. The highest BCUT2D eigenvalue weighted by Gasteiger charge is 2.32. The van der Waals surface area contributed by atoms with Crippen LogP contribution in [0.2, 0.25) is 0 Å². The second-order valence-corrected chi connectivity index (χ2v) is 13.8. The van der Waals surface area contributed by atoms with Crippen LogP contribution in [-0.4, -0.2) is 106 Å². The summed E-state index contributed by atoms with van der Waals surface area (Å²) in [4.78, 5) is 10.6. The van der Waals surface area contributed by atoms with Crippen molar-refractivity contribution in [3.63, 3.8) is 0 Å². The molecule has 4 aliphatic rings. The van der Waals surface area contributed by atoms with Crippen LogP contribution >= 0.6 is 0 Å². The molecule has 4 fully saturated rings. The minimum atomic E-state index is -0.0408. The molecule has 0 aromatic heterocycles. The van der Waals surface area contributed by atoms with Crippen LogP contribution in [0, 0.1) is 5.92 Å². The molecule has 0 aliphatic carbocycles. The Morgan fingerprint density at radius 2 is 0.824 bits per heavy atom. The van der Waals surface area contributed by atoms with E-state index in [4.69, 9.17) is 0 Å². The predicted molar refractivity (Wildman–Crippen MR) is 145 cm³/mol. The molecule has 1 N–H and O–H groups in total. The van der Waals surface area contributed by atoms with Crippen LogP contribution in [0.1, 0.15) is 99.8 Å². The molecule has 0 radical (unpaired) electrons. The number of hydrogen-bond donors (Lipinski definition) is 1. The van der Waals surface area contributed by atoms with Gasteiger partial charge in [-0.15, -0.1) is 0 Å². The molecule has 4 saturated heterocycles. The standard InChI is InChI=1S/C15H30N2.C14H28N2O/c1-13-5-9-16(10-6-13)14-7-11-17(12-8-14)15(2,3)4;1-14(2,3)16-10-4-12(5-11-16)15-8-6-13(17)7-9-15/h13-14H,5-12H2,1-4H3;12-13,17H,4-11H2,1-3H3. The summed E-state index contributed by atoms with van der Waals surface area (Å²) >= 11 is 0. The number of aliphatic hydroxyl groups excluding tert-OH is 1. The molecular weight excluding hydrogens is 420 g/mol. The van der Waals surface area contributed by atoms with Gasteiger partial charge in [-0.3, -0.25) is 9.80 Å². The minimum Gasteiger partial charge on any atom is -0.393 e. The molecule has 200 valence electrons. The van der Waals surface area contributed by atoms with E-state index in [1.807, 2.05) is 0 Å². The highest BCUT2D eigenvalue weighted by atomic mass is 16.3. The average molecular weight is 479 g/mol. The molecule has 5 nitrogen and oxygen atoms in total. The highest BCUT2D eigenvalue weighted by molar-refractivity contribution is 4.88. The molecule has 34 heavy (non-hydrogen) atoms. The molecule has 0 spiro atoms. The van der Waals surface area contributed by atoms with Gasteiger partial charge in [0.2, 0.25) is 0 Å². The summed E-state index contributed by atoms with van der Waals surface area (Å²) in [5.41, 5.74) is 0.685. The summed E-state index contributed by atoms with van der Waals surface area (Å²) in [6, 6.07) is 1.64. The van der Waals surface area contributed by atoms with E-state index in [1.54, 1.807) is 0 Å². The van der Waals surface area contributed by atoms with Crippen molar-refractivity contribution in [1.29, 1.82) is 0 Å². The number of likely N-dealkylation sites (tertiary alicyclic amines) is 4. The Hall–Kier alpha value is -0.200. The summed E-state index contributed by atoms with van der Waals surface area (Å²) in [6.45, 7) is 26.3. The second-order valence-electron chi connectivity index (χ2n) is 13.8. The van der Waals surface area contributed by atoms with Crippen molar-refractivity contribution in [3.8, 4) is 0 Å². The lowest BCUT2D eigenvalue weighted by Gasteiger charge is -2.45. The number of nitrogens with zero attached hydrogens (tertiary/aromatic N) is 4. The van der Waals surface area contributed by atoms with Crippen LogP contribution in [0.5, 0.6) is 0 Å². The van der Waals surface area contributed by atoms with E-state index in [0.29, 0.717) is 11.1 Å². The first kappa shape index (κ1) is 28.4. The van der Waals surface area contributed by atoms with Crippen molar-refractivity contribution in [2.45, 2.75) is 129 Å². The van der Waals surface area contributed by atoms with Gasteiger partial charge in [-0.05, 0) is 112 Å². The van der Waals surface area contributed by atoms with Crippen LogP contribution in [0.25, 0.3) is 0 Å². The van der Waals surface area contributed by atoms with E-state index < -0.39 is 0 Å². The first-order valence-electron chi connectivity index (χ1n) is 14.6. The fourth-order valence-corrected chi connectivity index (χ4v) is 6.45. The first-order chi connectivity index (χ1) is 15.9. The van der Waals surface area contributed by atoms with Crippen molar-refractivity contribution in [3.05, 3.63) is 0 Å². The SMILES string of the molecule is CC(C)(C)N1CCC(N2CCC(O)CC2)CC1.CC1CCN(C2CCN(C(C)(C)C)CC2)CC1. The quantitative estimate of drug-likeness (QED) is 0.623. The van der Waals surface area contributed by atoms with Gasteiger partial charge in [0.25, 0.3) is 0 Å². The van der Waals surface area contributed by atoms with Crippen molar-refractivity contribution in [1.82, 2.24) is 19.6 Å². The Bertz CT molecular complexity index is 514. The smallest absolute Gasteiger partial charge is 0.0564 e. The Morgan fingerprint density at radius 3 is 1.15 bits per heavy atom. The van der Waals surface area contributed by atoms with Gasteiger partial charge in [0, 0.05) is 62.4 Å². The van der Waals surface area contributed by atoms with E-state index in [-0.39, 0.29) is 6.10 Å². The third-order valence-electron chi connectivity index (χ3n) is 9.18. The third-order valence-corrected chi connectivity index (χ3v) is 9.18. The summed E-state index contributed by atoms with van der Waals surface area (Å²) in [7, 11) is 0. The van der Waals surface area contributed by atoms with Gasteiger partial charge < -0.3 is 14.9 Å². The Kier molecular flexibility index (Phi) is 10.3. The lowest BCUT2D eigenvalue weighted by molar-refractivity contribution is 0.0211. The van der Waals surface area contributed by atoms with Gasteiger partial charge in [-0.25, -0.2) is 0 Å². The Balaban J connectivity index is 0.000000191. The van der Waals surface area contributed by atoms with Crippen molar-refractivity contribution >= 4 is 0 Å². The summed E-state index contributed by atoms with van der Waals surface area (Å²) in [5.74, 6) is 0.959. The molecular formula is C29H58N4O. The van der Waals surface area contributed by atoms with E-state index in [9.17, 15) is 5.11 Å². The van der Waals surface area contributed by atoms with Gasteiger partial charge >= 0.3 is 0 Å². The second kappa shape index (κ2) is 12.4. The third kappa shape index (κ3) is 8.44. The normalized spacial score (nSPS) is 27.5. The molecule has 4 aliphatic heterocycles. The van der Waals surface area contributed by atoms with Gasteiger partial charge in [-0.1, -0.05) is 6.92 Å². The van der Waals surface area contributed by atoms with E-state index >= 15 is 0 Å². The van der Waals surface area contributed by atoms with Gasteiger partial charge in [0.1, 0.15) is 0 Å². The molecule has 4 rings (SSSR count). The van der Waals surface area contributed by atoms with Crippen molar-refractivity contribution < 1.29 is 5.11 Å². The van der Waals surface area contributed by atoms with Crippen molar-refractivity contribution in [2.24, 2.45) is 5.92 Å². The largest absolute Gasteiger partial charge is 0.393 e. The fraction of sp³-hybridized carbons (Fsp3) is 1.00. The Labute approximate surface area is 212 Å². The number of hydrogen-bond acceptors (Lipinski definition) is 5. The van der Waals surface area contributed by atoms with E-state index in [0.717, 1.165) is 43.9 Å². The zero-order chi connectivity index (χ0) is 24.9. The molecule has 0 amide bonds. The van der Waals surface area contributed by atoms with Gasteiger partial charge in [-0.2, -0.15) is 0 Å². The number of aliphatic hydroxyl groups is 1. The molecule has 0 atom stereocenters. The maximum absolute atomic E-state index is 9.54. The van der Waals surface area contributed by atoms with E-state index in [2.05, 4.69) is 68.1 Å². The lowest BCUT2D eigenvalue weighted by atomic mass is 9.93. The first-order valence-corrected chi connectivity index (χ1v) is 14.6. The van der Waals surface area contributed by atoms with Crippen LogP contribution in [-0.2, 0) is 0 Å². The van der Waals surface area contributed by atoms with Crippen LogP contribution < -0.4 is 0 Å². The van der Waals surface area contributed by atoms with E-state index in [1.165, 1.54) is 77.8 Å². The van der Waals surface area contributed by atoms with Crippen LogP contribution in [0.4, 0.5) is 0 Å². The molecule has 0 bridgehead atoms. The van der Waals surface area contributed by atoms with Crippen molar-refractivity contribution in [2.75, 3.05) is 52.4 Å². The van der Waals surface area contributed by atoms with Crippen LogP contribution in [0.3, 0.4) is 0 Å². The molecule has 0 aromatic rings.